The predicted octanol–water partition coefficient (Wildman–Crippen LogP) is 5.09. The number of likely N-dealkylation sites (tertiary alicyclic amines) is 1. The van der Waals surface area contributed by atoms with E-state index >= 15 is 0 Å². The Morgan fingerprint density at radius 1 is 1.00 bits per heavy atom. The number of aliphatic hydroxyl groups is 1. The molecule has 7 heteroatoms. The molecule has 3 aromatic rings. The zero-order valence-electron chi connectivity index (χ0n) is 21.3. The number of aryl methyl sites for hydroxylation is 1. The maximum absolute atomic E-state index is 14.9. The number of carbonyl (C=O) groups excluding carboxylic acids is 2. The molecule has 1 aliphatic rings. The lowest BCUT2D eigenvalue weighted by Crippen LogP contribution is -2.32. The number of nitrogens with zero attached hydrogens (tertiary/aromatic N) is 2. The van der Waals surface area contributed by atoms with E-state index in [2.05, 4.69) is 0 Å². The first-order valence-electron chi connectivity index (χ1n) is 12.2. The molecule has 192 valence electrons. The van der Waals surface area contributed by atoms with Crippen molar-refractivity contribution < 1.29 is 23.8 Å². The van der Waals surface area contributed by atoms with Crippen molar-refractivity contribution in [1.29, 1.82) is 0 Å². The molecule has 1 heterocycles. The molecule has 0 radical (unpaired) electrons. The number of ether oxygens (including phenoxy) is 1. The molecule has 1 amide bonds. The predicted molar refractivity (Wildman–Crippen MR) is 141 cm³/mol. The Morgan fingerprint density at radius 3 is 2.35 bits per heavy atom. The number of ketones is 1. The quantitative estimate of drug-likeness (QED) is 0.251. The second-order valence-corrected chi connectivity index (χ2v) is 9.41. The van der Waals surface area contributed by atoms with Gasteiger partial charge in [-0.3, -0.25) is 9.59 Å². The summed E-state index contributed by atoms with van der Waals surface area (Å²) in [6, 6.07) is 19.6. The minimum Gasteiger partial charge on any atom is -0.507 e. The largest absolute Gasteiger partial charge is 0.507 e. The van der Waals surface area contributed by atoms with Crippen LogP contribution in [0.15, 0.2) is 78.4 Å². The van der Waals surface area contributed by atoms with Gasteiger partial charge in [0.15, 0.2) is 0 Å². The Morgan fingerprint density at radius 2 is 1.68 bits per heavy atom. The minimum atomic E-state index is -1.01. The number of hydrogen-bond acceptors (Lipinski definition) is 5. The normalized spacial score (nSPS) is 17.0. The summed E-state index contributed by atoms with van der Waals surface area (Å²) in [4.78, 5) is 29.4. The van der Waals surface area contributed by atoms with Crippen LogP contribution in [0.2, 0.25) is 0 Å². The van der Waals surface area contributed by atoms with Crippen LogP contribution < -0.4 is 4.74 Å². The molecular formula is C30H31FN2O4. The van der Waals surface area contributed by atoms with Crippen molar-refractivity contribution in [3.05, 3.63) is 106 Å². The monoisotopic (exact) mass is 502 g/mol. The average Bonchev–Trinajstić information content (AvgIpc) is 3.13. The Hall–Kier alpha value is -3.97. The summed E-state index contributed by atoms with van der Waals surface area (Å²) in [6.45, 7) is 3.35. The van der Waals surface area contributed by atoms with Crippen LogP contribution in [-0.4, -0.2) is 53.8 Å². The van der Waals surface area contributed by atoms with E-state index in [0.29, 0.717) is 30.9 Å². The smallest absolute Gasteiger partial charge is 0.295 e. The molecule has 1 saturated heterocycles. The van der Waals surface area contributed by atoms with Crippen LogP contribution in [0.4, 0.5) is 4.39 Å². The lowest BCUT2D eigenvalue weighted by molar-refractivity contribution is -0.140. The zero-order chi connectivity index (χ0) is 26.5. The molecule has 0 aromatic heterocycles. The number of carbonyl (C=O) groups is 2. The SMILES string of the molecule is Cc1ccccc1COc1ccc(/C(O)=C2\C(=O)C(=O)N(CCCN(C)C)C2c2ccccc2F)cc1. The Labute approximate surface area is 216 Å². The van der Waals surface area contributed by atoms with Gasteiger partial charge < -0.3 is 19.6 Å². The van der Waals surface area contributed by atoms with Gasteiger partial charge in [-0.1, -0.05) is 42.5 Å². The number of amides is 1. The molecule has 1 aliphatic heterocycles. The number of rotatable bonds is 9. The summed E-state index contributed by atoms with van der Waals surface area (Å²) < 4.78 is 20.8. The molecule has 1 atom stereocenters. The van der Waals surface area contributed by atoms with Crippen LogP contribution >= 0.6 is 0 Å². The average molecular weight is 503 g/mol. The van der Waals surface area contributed by atoms with E-state index in [0.717, 1.165) is 11.1 Å². The molecule has 6 nitrogen and oxygen atoms in total. The van der Waals surface area contributed by atoms with E-state index in [-0.39, 0.29) is 23.4 Å². The molecule has 1 N–H and O–H groups in total. The first-order valence-corrected chi connectivity index (χ1v) is 12.2. The lowest BCUT2D eigenvalue weighted by atomic mass is 9.95. The number of halogens is 1. The highest BCUT2D eigenvalue weighted by Crippen LogP contribution is 2.40. The highest BCUT2D eigenvalue weighted by Gasteiger charge is 2.46. The van der Waals surface area contributed by atoms with Crippen LogP contribution in [-0.2, 0) is 16.2 Å². The van der Waals surface area contributed by atoms with Gasteiger partial charge >= 0.3 is 0 Å². The van der Waals surface area contributed by atoms with E-state index in [4.69, 9.17) is 4.74 Å². The van der Waals surface area contributed by atoms with Crippen molar-refractivity contribution in [1.82, 2.24) is 9.80 Å². The standard InChI is InChI=1S/C30H31FN2O4/c1-20-9-4-5-10-22(20)19-37-23-15-13-21(14-16-23)28(34)26-27(24-11-6-7-12-25(24)31)33(30(36)29(26)35)18-8-17-32(2)3/h4-7,9-16,27,34H,8,17-19H2,1-3H3/b28-26+. The van der Waals surface area contributed by atoms with Gasteiger partial charge in [0.1, 0.15) is 23.9 Å². The summed E-state index contributed by atoms with van der Waals surface area (Å²) in [5.41, 5.74) is 2.59. The molecule has 1 unspecified atom stereocenters. The number of Topliss-reactive ketones (excluding diaryl/α,β-unsaturated/α-hetero) is 1. The summed E-state index contributed by atoms with van der Waals surface area (Å²) in [5, 5.41) is 11.2. The molecule has 4 rings (SSSR count). The Balaban J connectivity index is 1.64. The third kappa shape index (κ3) is 5.73. The fraction of sp³-hybridized carbons (Fsp3) is 0.267. The summed E-state index contributed by atoms with van der Waals surface area (Å²) in [7, 11) is 3.83. The highest BCUT2D eigenvalue weighted by molar-refractivity contribution is 6.46. The van der Waals surface area contributed by atoms with Crippen molar-refractivity contribution in [2.75, 3.05) is 27.2 Å². The second kappa shape index (κ2) is 11.4. The van der Waals surface area contributed by atoms with Gasteiger partial charge in [-0.15, -0.1) is 0 Å². The minimum absolute atomic E-state index is 0.117. The molecule has 37 heavy (non-hydrogen) atoms. The maximum atomic E-state index is 14.9. The van der Waals surface area contributed by atoms with Gasteiger partial charge in [0.05, 0.1) is 11.6 Å². The molecule has 0 saturated carbocycles. The number of aliphatic hydroxyl groups excluding tert-OH is 1. The fourth-order valence-corrected chi connectivity index (χ4v) is 4.49. The van der Waals surface area contributed by atoms with Gasteiger partial charge in [-0.25, -0.2) is 4.39 Å². The molecule has 3 aromatic carbocycles. The van der Waals surface area contributed by atoms with Gasteiger partial charge in [-0.05, 0) is 75.4 Å². The van der Waals surface area contributed by atoms with Gasteiger partial charge in [0, 0.05) is 17.7 Å². The van der Waals surface area contributed by atoms with E-state index in [9.17, 15) is 19.1 Å². The molecule has 1 fully saturated rings. The van der Waals surface area contributed by atoms with Crippen LogP contribution in [0.3, 0.4) is 0 Å². The summed E-state index contributed by atoms with van der Waals surface area (Å²) >= 11 is 0. The van der Waals surface area contributed by atoms with Gasteiger partial charge in [0.25, 0.3) is 11.7 Å². The van der Waals surface area contributed by atoms with Crippen LogP contribution in [0.1, 0.15) is 34.7 Å². The highest BCUT2D eigenvalue weighted by atomic mass is 19.1. The van der Waals surface area contributed by atoms with Crippen molar-refractivity contribution in [3.63, 3.8) is 0 Å². The van der Waals surface area contributed by atoms with Crippen molar-refractivity contribution >= 4 is 17.4 Å². The third-order valence-corrected chi connectivity index (χ3v) is 6.53. The van der Waals surface area contributed by atoms with E-state index in [1.807, 2.05) is 50.2 Å². The second-order valence-electron chi connectivity index (χ2n) is 9.41. The van der Waals surface area contributed by atoms with Gasteiger partial charge in [-0.2, -0.15) is 0 Å². The maximum Gasteiger partial charge on any atom is 0.295 e. The first kappa shape index (κ1) is 26.1. The fourth-order valence-electron chi connectivity index (χ4n) is 4.49. The molecule has 0 aliphatic carbocycles. The van der Waals surface area contributed by atoms with Crippen molar-refractivity contribution in [2.45, 2.75) is 26.0 Å². The van der Waals surface area contributed by atoms with Crippen LogP contribution in [0, 0.1) is 12.7 Å². The van der Waals surface area contributed by atoms with Gasteiger partial charge in [0.2, 0.25) is 0 Å². The molecule has 0 spiro atoms. The van der Waals surface area contributed by atoms with Crippen molar-refractivity contribution in [2.24, 2.45) is 0 Å². The van der Waals surface area contributed by atoms with Crippen molar-refractivity contribution in [3.8, 4) is 5.75 Å². The van der Waals surface area contributed by atoms with E-state index in [1.54, 1.807) is 42.5 Å². The van der Waals surface area contributed by atoms with E-state index in [1.165, 1.54) is 11.0 Å². The first-order chi connectivity index (χ1) is 17.8. The van der Waals surface area contributed by atoms with Crippen LogP contribution in [0.5, 0.6) is 5.75 Å². The molecular weight excluding hydrogens is 471 g/mol. The lowest BCUT2D eigenvalue weighted by Gasteiger charge is -2.26. The Bertz CT molecular complexity index is 1320. The summed E-state index contributed by atoms with van der Waals surface area (Å²) in [5.74, 6) is -1.86. The zero-order valence-corrected chi connectivity index (χ0v) is 21.3. The topological polar surface area (TPSA) is 70.1 Å². The molecule has 0 bridgehead atoms. The summed E-state index contributed by atoms with van der Waals surface area (Å²) in [6.07, 6.45) is 0.595. The number of benzene rings is 3. The van der Waals surface area contributed by atoms with Crippen LogP contribution in [0.25, 0.3) is 5.76 Å². The Kier molecular flexibility index (Phi) is 8.04. The third-order valence-electron chi connectivity index (χ3n) is 6.53. The van der Waals surface area contributed by atoms with E-state index < -0.39 is 23.5 Å². The number of hydrogen-bond donors (Lipinski definition) is 1.